The maximum absolute atomic E-state index is 13.4. The third-order valence-corrected chi connectivity index (χ3v) is 6.55. The predicted molar refractivity (Wildman–Crippen MR) is 136 cm³/mol. The summed E-state index contributed by atoms with van der Waals surface area (Å²) in [5.41, 5.74) is 3.44. The van der Waals surface area contributed by atoms with Crippen molar-refractivity contribution in [1.29, 1.82) is 0 Å². The van der Waals surface area contributed by atoms with Crippen LogP contribution in [0.5, 0.6) is 0 Å². The van der Waals surface area contributed by atoms with Crippen molar-refractivity contribution in [3.63, 3.8) is 0 Å². The summed E-state index contributed by atoms with van der Waals surface area (Å²) >= 11 is 0. The molecule has 0 saturated carbocycles. The Balaban J connectivity index is 1.45. The van der Waals surface area contributed by atoms with E-state index in [0.717, 1.165) is 11.3 Å². The fourth-order valence-electron chi connectivity index (χ4n) is 4.79. The first-order valence-electron chi connectivity index (χ1n) is 12.1. The Labute approximate surface area is 217 Å². The number of nitrogens with zero attached hydrogens (tertiary/aromatic N) is 4. The van der Waals surface area contributed by atoms with Gasteiger partial charge in [0.15, 0.2) is 5.69 Å². The van der Waals surface area contributed by atoms with Gasteiger partial charge in [-0.15, -0.1) is 0 Å². The van der Waals surface area contributed by atoms with Crippen molar-refractivity contribution in [2.75, 3.05) is 6.54 Å². The number of nitro groups is 1. The van der Waals surface area contributed by atoms with Gasteiger partial charge in [-0.1, -0.05) is 31.2 Å². The molecule has 0 saturated heterocycles. The van der Waals surface area contributed by atoms with Crippen LogP contribution in [-0.4, -0.2) is 42.9 Å². The van der Waals surface area contributed by atoms with E-state index in [1.54, 1.807) is 52.2 Å². The van der Waals surface area contributed by atoms with Crippen molar-refractivity contribution in [2.45, 2.75) is 32.5 Å². The van der Waals surface area contributed by atoms with Gasteiger partial charge in [0.05, 0.1) is 18.0 Å². The summed E-state index contributed by atoms with van der Waals surface area (Å²) < 4.78 is 15.2. The first-order chi connectivity index (χ1) is 18.3. The second-order valence-electron chi connectivity index (χ2n) is 9.28. The van der Waals surface area contributed by atoms with Gasteiger partial charge in [0, 0.05) is 48.6 Å². The van der Waals surface area contributed by atoms with E-state index in [1.807, 2.05) is 6.92 Å². The minimum Gasteiger partial charge on any atom is -0.357 e. The van der Waals surface area contributed by atoms with Crippen LogP contribution in [0.4, 0.5) is 10.1 Å². The summed E-state index contributed by atoms with van der Waals surface area (Å²) in [6.45, 7) is 3.01. The Morgan fingerprint density at radius 2 is 1.95 bits per heavy atom. The molecule has 11 heteroatoms. The van der Waals surface area contributed by atoms with E-state index in [1.165, 1.54) is 24.3 Å². The smallest absolute Gasteiger partial charge is 0.272 e. The number of benzene rings is 2. The lowest BCUT2D eigenvalue weighted by atomic mass is 9.95. The summed E-state index contributed by atoms with van der Waals surface area (Å²) in [4.78, 5) is 41.7. The number of carbonyl (C=O) groups is 2. The van der Waals surface area contributed by atoms with Crippen LogP contribution in [0.3, 0.4) is 0 Å². The number of halogens is 1. The van der Waals surface area contributed by atoms with Crippen LogP contribution >= 0.6 is 0 Å². The van der Waals surface area contributed by atoms with Gasteiger partial charge in [-0.25, -0.2) is 4.39 Å². The fraction of sp³-hybridized carbons (Fsp3) is 0.222. The number of rotatable bonds is 7. The average Bonchev–Trinajstić information content (AvgIpc) is 3.57. The molecule has 1 aliphatic rings. The highest BCUT2D eigenvalue weighted by molar-refractivity contribution is 5.95. The van der Waals surface area contributed by atoms with Crippen LogP contribution in [0, 0.1) is 15.9 Å². The van der Waals surface area contributed by atoms with E-state index in [9.17, 15) is 24.1 Å². The van der Waals surface area contributed by atoms with Crippen LogP contribution < -0.4 is 5.32 Å². The molecule has 38 heavy (non-hydrogen) atoms. The van der Waals surface area contributed by atoms with Gasteiger partial charge >= 0.3 is 0 Å². The van der Waals surface area contributed by atoms with Crippen LogP contribution in [0.2, 0.25) is 0 Å². The number of fused-ring (bicyclic) bond motifs is 1. The Morgan fingerprint density at radius 1 is 1.16 bits per heavy atom. The number of aromatic nitrogens is 3. The second kappa shape index (κ2) is 10.3. The van der Waals surface area contributed by atoms with Crippen molar-refractivity contribution in [3.8, 4) is 0 Å². The molecule has 2 aromatic heterocycles. The summed E-state index contributed by atoms with van der Waals surface area (Å²) in [5.74, 6) is -1.10. The number of H-pyrrole nitrogens is 1. The van der Waals surface area contributed by atoms with Gasteiger partial charge in [-0.2, -0.15) is 5.10 Å². The molecule has 0 spiro atoms. The Hall–Kier alpha value is -4.80. The first-order valence-corrected chi connectivity index (χ1v) is 12.1. The molecule has 1 atom stereocenters. The number of hydrogen-bond acceptors (Lipinski definition) is 5. The zero-order chi connectivity index (χ0) is 26.8. The lowest BCUT2D eigenvalue weighted by molar-refractivity contribution is -0.384. The van der Waals surface area contributed by atoms with E-state index in [4.69, 9.17) is 0 Å². The summed E-state index contributed by atoms with van der Waals surface area (Å²) in [5, 5.41) is 18.5. The number of carbonyl (C=O) groups excluding carboxylic acids is 2. The van der Waals surface area contributed by atoms with E-state index < -0.39 is 10.8 Å². The van der Waals surface area contributed by atoms with Gasteiger partial charge in [0.2, 0.25) is 0 Å². The fourth-order valence-corrected chi connectivity index (χ4v) is 4.79. The summed E-state index contributed by atoms with van der Waals surface area (Å²) in [7, 11) is 0. The molecule has 5 rings (SSSR count). The minimum atomic E-state index is -0.490. The predicted octanol–water partition coefficient (Wildman–Crippen LogP) is 4.00. The lowest BCUT2D eigenvalue weighted by Gasteiger charge is -2.32. The maximum Gasteiger partial charge on any atom is 0.272 e. The first kappa shape index (κ1) is 24.9. The molecular weight excluding hydrogens is 491 g/mol. The van der Waals surface area contributed by atoms with Gasteiger partial charge < -0.3 is 15.2 Å². The highest BCUT2D eigenvalue weighted by atomic mass is 19.1. The quantitative estimate of drug-likeness (QED) is 0.284. The number of nitro benzene ring substituents is 1. The highest BCUT2D eigenvalue weighted by Gasteiger charge is 2.34. The molecule has 1 unspecified atom stereocenters. The van der Waals surface area contributed by atoms with Crippen molar-refractivity contribution < 1.29 is 18.9 Å². The van der Waals surface area contributed by atoms with Crippen molar-refractivity contribution in [1.82, 2.24) is 25.0 Å². The molecule has 2 N–H and O–H groups in total. The number of hydrogen-bond donors (Lipinski definition) is 2. The molecule has 194 valence electrons. The van der Waals surface area contributed by atoms with E-state index in [0.29, 0.717) is 29.9 Å². The molecule has 4 aromatic rings. The van der Waals surface area contributed by atoms with Crippen LogP contribution in [0.15, 0.2) is 66.9 Å². The number of nitrogens with one attached hydrogen (secondary N) is 2. The third-order valence-electron chi connectivity index (χ3n) is 6.55. The lowest BCUT2D eigenvalue weighted by Crippen LogP contribution is -2.39. The van der Waals surface area contributed by atoms with E-state index in [2.05, 4.69) is 15.4 Å². The molecule has 2 amide bonds. The molecule has 0 bridgehead atoms. The Kier molecular flexibility index (Phi) is 6.73. The SMILES string of the molecule is CC1CN(C(=O)c2ccc[nH]2)Cc2c(C(=O)NCc3cccc([N+](=O)[O-])c3)nn(Cc3ccc(F)cc3)c21. The standard InChI is InChI=1S/C27H25FN6O4/c1-17-14-32(27(36)23-6-3-11-29-23)16-22-24(26(35)30-13-19-4-2-5-21(12-19)34(37)38)31-33(25(17)22)15-18-7-9-20(28)10-8-18/h2-12,17,29H,13-16H2,1H3,(H,30,35). The molecular formula is C27H25FN6O4. The van der Waals surface area contributed by atoms with E-state index >= 15 is 0 Å². The monoisotopic (exact) mass is 516 g/mol. The molecule has 10 nitrogen and oxygen atoms in total. The van der Waals surface area contributed by atoms with Crippen molar-refractivity contribution in [2.24, 2.45) is 0 Å². The molecule has 3 heterocycles. The normalized spacial score (nSPS) is 14.7. The van der Waals surface area contributed by atoms with Gasteiger partial charge in [0.25, 0.3) is 17.5 Å². The van der Waals surface area contributed by atoms with Crippen LogP contribution in [0.1, 0.15) is 56.2 Å². The highest BCUT2D eigenvalue weighted by Crippen LogP contribution is 2.32. The number of non-ortho nitro benzene ring substituents is 1. The maximum atomic E-state index is 13.4. The Morgan fingerprint density at radius 3 is 2.66 bits per heavy atom. The minimum absolute atomic E-state index is 0.0648. The van der Waals surface area contributed by atoms with E-state index in [-0.39, 0.29) is 42.1 Å². The molecule has 2 aromatic carbocycles. The van der Waals surface area contributed by atoms with Crippen LogP contribution in [0.25, 0.3) is 0 Å². The average molecular weight is 517 g/mol. The van der Waals surface area contributed by atoms with Gasteiger partial charge in [-0.05, 0) is 35.4 Å². The van der Waals surface area contributed by atoms with Crippen molar-refractivity contribution in [3.05, 3.63) is 117 Å². The topological polar surface area (TPSA) is 126 Å². The van der Waals surface area contributed by atoms with Crippen LogP contribution in [-0.2, 0) is 19.6 Å². The molecule has 0 aliphatic carbocycles. The summed E-state index contributed by atoms with van der Waals surface area (Å²) in [6.07, 6.45) is 1.68. The zero-order valence-corrected chi connectivity index (χ0v) is 20.6. The van der Waals surface area contributed by atoms with Gasteiger partial charge in [-0.3, -0.25) is 24.4 Å². The summed E-state index contributed by atoms with van der Waals surface area (Å²) in [6, 6.07) is 15.6. The largest absolute Gasteiger partial charge is 0.357 e. The molecule has 1 aliphatic heterocycles. The number of amides is 2. The third kappa shape index (κ3) is 5.03. The zero-order valence-electron chi connectivity index (χ0n) is 20.6. The Bertz CT molecular complexity index is 1500. The second-order valence-corrected chi connectivity index (χ2v) is 9.28. The van der Waals surface area contributed by atoms with Gasteiger partial charge in [0.1, 0.15) is 11.5 Å². The molecule has 0 fully saturated rings. The molecule has 0 radical (unpaired) electrons. The number of aromatic amines is 1. The van der Waals surface area contributed by atoms with Crippen molar-refractivity contribution >= 4 is 17.5 Å².